The second kappa shape index (κ2) is 14.7. The minimum absolute atomic E-state index is 0.00129. The summed E-state index contributed by atoms with van der Waals surface area (Å²) in [7, 11) is 0. The van der Waals surface area contributed by atoms with E-state index >= 15 is 0 Å². The van der Waals surface area contributed by atoms with Crippen molar-refractivity contribution in [2.75, 3.05) is 19.7 Å². The average molecular weight is 587 g/mol. The van der Waals surface area contributed by atoms with Crippen molar-refractivity contribution < 1.29 is 33.0 Å². The second-order valence-electron chi connectivity index (χ2n) is 9.74. The van der Waals surface area contributed by atoms with Crippen molar-refractivity contribution >= 4 is 17.8 Å². The Bertz CT molecular complexity index is 1610. The molecule has 0 aliphatic heterocycles. The van der Waals surface area contributed by atoms with E-state index in [1.165, 1.54) is 4.90 Å². The maximum atomic E-state index is 14.1. The number of nitrogens with one attached hydrogen (secondary N) is 1. The van der Waals surface area contributed by atoms with Crippen LogP contribution in [-0.2, 0) is 17.8 Å². The normalized spacial score (nSPS) is 10.7. The van der Waals surface area contributed by atoms with Gasteiger partial charge in [-0.15, -0.1) is 0 Å². The van der Waals surface area contributed by atoms with Crippen molar-refractivity contribution in [1.82, 2.24) is 10.2 Å². The lowest BCUT2D eigenvalue weighted by atomic mass is 9.94. The Labute approximate surface area is 248 Å². The maximum absolute atomic E-state index is 14.1. The number of nitrogens with zero attached hydrogens (tertiary/aromatic N) is 1. The predicted molar refractivity (Wildman–Crippen MR) is 159 cm³/mol. The van der Waals surface area contributed by atoms with Gasteiger partial charge in [0.05, 0.1) is 13.0 Å². The number of carbonyl (C=O) groups is 3. The molecule has 4 rings (SSSR count). The molecule has 0 aliphatic carbocycles. The number of benzene rings is 4. The van der Waals surface area contributed by atoms with Gasteiger partial charge in [-0.2, -0.15) is 0 Å². The van der Waals surface area contributed by atoms with Gasteiger partial charge in [0.2, 0.25) is 0 Å². The van der Waals surface area contributed by atoms with E-state index in [0.29, 0.717) is 35.5 Å². The molecule has 0 heterocycles. The van der Waals surface area contributed by atoms with Crippen molar-refractivity contribution in [1.29, 1.82) is 0 Å². The highest BCUT2D eigenvalue weighted by Crippen LogP contribution is 2.29. The molecule has 2 N–H and O–H groups in total. The van der Waals surface area contributed by atoms with Gasteiger partial charge in [0.1, 0.15) is 17.4 Å². The number of halogens is 2. The fourth-order valence-corrected chi connectivity index (χ4v) is 4.75. The number of amides is 2. The lowest BCUT2D eigenvalue weighted by molar-refractivity contribution is -0.137. The molecule has 7 nitrogen and oxygen atoms in total. The van der Waals surface area contributed by atoms with Crippen molar-refractivity contribution in [3.63, 3.8) is 0 Å². The molecule has 0 saturated carbocycles. The van der Waals surface area contributed by atoms with Crippen molar-refractivity contribution in [2.45, 2.75) is 26.3 Å². The summed E-state index contributed by atoms with van der Waals surface area (Å²) in [6.07, 6.45) is 0.204. The van der Waals surface area contributed by atoms with E-state index in [4.69, 9.17) is 4.74 Å². The van der Waals surface area contributed by atoms with E-state index in [2.05, 4.69) is 5.32 Å². The maximum Gasteiger partial charge on any atom is 0.305 e. The van der Waals surface area contributed by atoms with Crippen molar-refractivity contribution in [2.24, 2.45) is 0 Å². The molecule has 0 bridgehead atoms. The Balaban J connectivity index is 1.62. The minimum atomic E-state index is -1.03. The molecule has 0 aromatic heterocycles. The summed E-state index contributed by atoms with van der Waals surface area (Å²) in [5.74, 6) is -2.50. The van der Waals surface area contributed by atoms with Crippen LogP contribution in [0.25, 0.3) is 11.1 Å². The van der Waals surface area contributed by atoms with Gasteiger partial charge in [0.25, 0.3) is 11.8 Å². The molecular weight excluding hydrogens is 554 g/mol. The Hall–Kier alpha value is -5.05. The zero-order valence-corrected chi connectivity index (χ0v) is 23.7. The molecule has 0 spiro atoms. The van der Waals surface area contributed by atoms with E-state index < -0.39 is 23.5 Å². The van der Waals surface area contributed by atoms with E-state index in [0.717, 1.165) is 23.8 Å². The van der Waals surface area contributed by atoms with Gasteiger partial charge in [0, 0.05) is 36.3 Å². The van der Waals surface area contributed by atoms with E-state index in [1.807, 2.05) is 31.2 Å². The molecule has 0 aliphatic rings. The van der Waals surface area contributed by atoms with Crippen molar-refractivity contribution in [3.8, 4) is 16.9 Å². The third-order valence-electron chi connectivity index (χ3n) is 6.87. The summed E-state index contributed by atoms with van der Waals surface area (Å²) in [4.78, 5) is 40.1. The standard InChI is InChI=1S/C34H32F2N2O5/c1-2-43-31-14-8-3-9-23(31)17-19-38(20-18-32(39)40)34(42)29-13-7-5-11-27(29)26-10-4-6-12-28(26)33(41)37-22-24-21-25(35)15-16-30(24)36/h3-16,21H,2,17-20,22H2,1H3,(H,37,41)(H,39,40). The van der Waals surface area contributed by atoms with Gasteiger partial charge in [-0.05, 0) is 66.4 Å². The number of aliphatic carboxylic acids is 1. The smallest absolute Gasteiger partial charge is 0.305 e. The van der Waals surface area contributed by atoms with Gasteiger partial charge in [-0.1, -0.05) is 54.6 Å². The summed E-state index contributed by atoms with van der Waals surface area (Å²) < 4.78 is 33.5. The van der Waals surface area contributed by atoms with Crippen LogP contribution in [0, 0.1) is 11.6 Å². The summed E-state index contributed by atoms with van der Waals surface area (Å²) in [5.41, 5.74) is 2.36. The van der Waals surface area contributed by atoms with Crippen LogP contribution in [0.4, 0.5) is 8.78 Å². The first-order valence-electron chi connectivity index (χ1n) is 13.9. The van der Waals surface area contributed by atoms with Crippen LogP contribution in [0.15, 0.2) is 91.0 Å². The summed E-state index contributed by atoms with van der Waals surface area (Å²) >= 11 is 0. The van der Waals surface area contributed by atoms with E-state index in [9.17, 15) is 28.3 Å². The largest absolute Gasteiger partial charge is 0.494 e. The monoisotopic (exact) mass is 586 g/mol. The number of hydrogen-bond acceptors (Lipinski definition) is 4. The molecule has 222 valence electrons. The fourth-order valence-electron chi connectivity index (χ4n) is 4.75. The van der Waals surface area contributed by atoms with Gasteiger partial charge < -0.3 is 20.1 Å². The molecule has 9 heteroatoms. The highest BCUT2D eigenvalue weighted by atomic mass is 19.1. The molecule has 43 heavy (non-hydrogen) atoms. The number of rotatable bonds is 13. The van der Waals surface area contributed by atoms with Crippen LogP contribution in [0.5, 0.6) is 5.75 Å². The van der Waals surface area contributed by atoms with Crippen LogP contribution >= 0.6 is 0 Å². The first-order valence-corrected chi connectivity index (χ1v) is 13.9. The fraction of sp³-hybridized carbons (Fsp3) is 0.206. The van der Waals surface area contributed by atoms with Crippen LogP contribution in [0.1, 0.15) is 45.2 Å². The zero-order valence-electron chi connectivity index (χ0n) is 23.7. The number of para-hydroxylation sites is 1. The SMILES string of the molecule is CCOc1ccccc1CCN(CCC(=O)O)C(=O)c1ccccc1-c1ccccc1C(=O)NCc1cc(F)ccc1F. The number of ether oxygens (including phenoxy) is 1. The highest BCUT2D eigenvalue weighted by Gasteiger charge is 2.23. The molecule has 0 radical (unpaired) electrons. The number of hydrogen-bond donors (Lipinski definition) is 2. The highest BCUT2D eigenvalue weighted by molar-refractivity contribution is 6.06. The average Bonchev–Trinajstić information content (AvgIpc) is 3.01. The number of carboxylic acids is 1. The number of carboxylic acid groups (broad SMARTS) is 1. The molecule has 0 saturated heterocycles. The molecular formula is C34H32F2N2O5. The van der Waals surface area contributed by atoms with Gasteiger partial charge in [-0.3, -0.25) is 14.4 Å². The van der Waals surface area contributed by atoms with E-state index in [1.54, 1.807) is 48.5 Å². The zero-order chi connectivity index (χ0) is 30.8. The predicted octanol–water partition coefficient (Wildman–Crippen LogP) is 6.12. The Morgan fingerprint density at radius 2 is 1.47 bits per heavy atom. The van der Waals surface area contributed by atoms with Gasteiger partial charge in [0.15, 0.2) is 0 Å². The lowest BCUT2D eigenvalue weighted by Gasteiger charge is -2.24. The summed E-state index contributed by atoms with van der Waals surface area (Å²) in [6, 6.07) is 24.0. The number of carbonyl (C=O) groups excluding carboxylic acids is 2. The Morgan fingerprint density at radius 3 is 2.19 bits per heavy atom. The molecule has 0 fully saturated rings. The summed E-state index contributed by atoms with van der Waals surface area (Å²) in [5, 5.41) is 12.0. The van der Waals surface area contributed by atoms with Crippen molar-refractivity contribution in [3.05, 3.63) is 125 Å². The minimum Gasteiger partial charge on any atom is -0.494 e. The molecule has 2 amide bonds. The third-order valence-corrected chi connectivity index (χ3v) is 6.87. The summed E-state index contributed by atoms with van der Waals surface area (Å²) in [6.45, 7) is 2.36. The molecule has 4 aromatic carbocycles. The second-order valence-corrected chi connectivity index (χ2v) is 9.74. The topological polar surface area (TPSA) is 95.9 Å². The van der Waals surface area contributed by atoms with Gasteiger partial charge >= 0.3 is 5.97 Å². The first-order chi connectivity index (χ1) is 20.8. The van der Waals surface area contributed by atoms with Gasteiger partial charge in [-0.25, -0.2) is 8.78 Å². The lowest BCUT2D eigenvalue weighted by Crippen LogP contribution is -2.35. The molecule has 0 unspecified atom stereocenters. The van der Waals surface area contributed by atoms with Crippen LogP contribution in [0.2, 0.25) is 0 Å². The third kappa shape index (κ3) is 8.03. The Morgan fingerprint density at radius 1 is 0.814 bits per heavy atom. The molecule has 4 aromatic rings. The van der Waals surface area contributed by atoms with E-state index in [-0.39, 0.29) is 43.1 Å². The molecule has 0 atom stereocenters. The van der Waals surface area contributed by atoms with Crippen LogP contribution < -0.4 is 10.1 Å². The van der Waals surface area contributed by atoms with Crippen LogP contribution in [0.3, 0.4) is 0 Å². The van der Waals surface area contributed by atoms with Crippen LogP contribution in [-0.4, -0.2) is 47.5 Å². The Kier molecular flexibility index (Phi) is 10.6. The quantitative estimate of drug-likeness (QED) is 0.197. The first kappa shape index (κ1) is 30.9.